The highest BCUT2D eigenvalue weighted by Crippen LogP contribution is 2.19. The SMILES string of the molecule is COc1cccc(NC(=O)CSCc2cccc(Br)c2)c1. The number of amides is 1. The summed E-state index contributed by atoms with van der Waals surface area (Å²) < 4.78 is 6.18. The second-order valence-corrected chi connectivity index (χ2v) is 6.30. The molecule has 0 saturated carbocycles. The largest absolute Gasteiger partial charge is 0.497 e. The molecular weight excluding hydrogens is 350 g/mol. The van der Waals surface area contributed by atoms with Gasteiger partial charge in [-0.3, -0.25) is 4.79 Å². The molecule has 1 N–H and O–H groups in total. The number of nitrogens with one attached hydrogen (secondary N) is 1. The first-order chi connectivity index (χ1) is 10.2. The molecule has 2 rings (SSSR count). The van der Waals surface area contributed by atoms with E-state index in [1.165, 1.54) is 5.56 Å². The van der Waals surface area contributed by atoms with Crippen molar-refractivity contribution in [1.29, 1.82) is 0 Å². The second kappa shape index (κ2) is 8.10. The van der Waals surface area contributed by atoms with Gasteiger partial charge in [0.1, 0.15) is 5.75 Å². The number of rotatable bonds is 6. The first-order valence-corrected chi connectivity index (χ1v) is 8.38. The minimum atomic E-state index is -0.0109. The van der Waals surface area contributed by atoms with Crippen LogP contribution in [-0.2, 0) is 10.5 Å². The molecule has 5 heteroatoms. The number of benzene rings is 2. The Kier molecular flexibility index (Phi) is 6.14. The molecule has 0 aliphatic carbocycles. The fraction of sp³-hybridized carbons (Fsp3) is 0.188. The molecule has 0 saturated heterocycles. The summed E-state index contributed by atoms with van der Waals surface area (Å²) in [6, 6.07) is 15.4. The molecule has 0 spiro atoms. The van der Waals surface area contributed by atoms with Crippen molar-refractivity contribution in [3.8, 4) is 5.75 Å². The number of carbonyl (C=O) groups excluding carboxylic acids is 1. The van der Waals surface area contributed by atoms with Gasteiger partial charge in [-0.15, -0.1) is 11.8 Å². The fourth-order valence-electron chi connectivity index (χ4n) is 1.79. The van der Waals surface area contributed by atoms with E-state index in [2.05, 4.69) is 33.4 Å². The average molecular weight is 366 g/mol. The first kappa shape index (κ1) is 15.9. The summed E-state index contributed by atoms with van der Waals surface area (Å²) in [5.74, 6) is 1.95. The van der Waals surface area contributed by atoms with Gasteiger partial charge in [0.25, 0.3) is 0 Å². The van der Waals surface area contributed by atoms with Crippen molar-refractivity contribution >= 4 is 39.3 Å². The maximum atomic E-state index is 11.9. The topological polar surface area (TPSA) is 38.3 Å². The van der Waals surface area contributed by atoms with Crippen molar-refractivity contribution in [1.82, 2.24) is 0 Å². The number of thioether (sulfide) groups is 1. The van der Waals surface area contributed by atoms with Crippen LogP contribution in [0.3, 0.4) is 0 Å². The number of hydrogen-bond donors (Lipinski definition) is 1. The van der Waals surface area contributed by atoms with Gasteiger partial charge in [0.05, 0.1) is 12.9 Å². The number of methoxy groups -OCH3 is 1. The Hall–Kier alpha value is -1.46. The summed E-state index contributed by atoms with van der Waals surface area (Å²) in [7, 11) is 1.61. The van der Waals surface area contributed by atoms with E-state index in [0.29, 0.717) is 5.75 Å². The van der Waals surface area contributed by atoms with Crippen molar-refractivity contribution < 1.29 is 9.53 Å². The summed E-state index contributed by atoms with van der Waals surface area (Å²) in [6.45, 7) is 0. The van der Waals surface area contributed by atoms with Gasteiger partial charge in [0, 0.05) is 22.0 Å². The smallest absolute Gasteiger partial charge is 0.234 e. The van der Waals surface area contributed by atoms with Crippen molar-refractivity contribution in [2.24, 2.45) is 0 Å². The minimum absolute atomic E-state index is 0.0109. The average Bonchev–Trinajstić information content (AvgIpc) is 2.47. The van der Waals surface area contributed by atoms with Gasteiger partial charge in [-0.2, -0.15) is 0 Å². The molecule has 2 aromatic carbocycles. The van der Waals surface area contributed by atoms with Crippen LogP contribution in [-0.4, -0.2) is 18.8 Å². The van der Waals surface area contributed by atoms with Crippen LogP contribution in [0.25, 0.3) is 0 Å². The molecule has 0 bridgehead atoms. The molecular formula is C16H16BrNO2S. The predicted molar refractivity (Wildman–Crippen MR) is 91.9 cm³/mol. The summed E-state index contributed by atoms with van der Waals surface area (Å²) >= 11 is 5.03. The summed E-state index contributed by atoms with van der Waals surface area (Å²) in [4.78, 5) is 11.9. The number of hydrogen-bond acceptors (Lipinski definition) is 3. The maximum Gasteiger partial charge on any atom is 0.234 e. The highest BCUT2D eigenvalue weighted by molar-refractivity contribution is 9.10. The van der Waals surface area contributed by atoms with E-state index in [-0.39, 0.29) is 5.91 Å². The molecule has 1 amide bonds. The predicted octanol–water partition coefficient (Wildman–Crippen LogP) is 4.33. The van der Waals surface area contributed by atoms with Crippen LogP contribution in [0.5, 0.6) is 5.75 Å². The fourth-order valence-corrected chi connectivity index (χ4v) is 3.01. The standard InChI is InChI=1S/C16H16BrNO2S/c1-20-15-7-3-6-14(9-15)18-16(19)11-21-10-12-4-2-5-13(17)8-12/h2-9H,10-11H2,1H3,(H,18,19). The third-order valence-electron chi connectivity index (χ3n) is 2.74. The Morgan fingerprint density at radius 3 is 2.81 bits per heavy atom. The zero-order valence-electron chi connectivity index (χ0n) is 11.6. The summed E-state index contributed by atoms with van der Waals surface area (Å²) in [6.07, 6.45) is 0. The monoisotopic (exact) mass is 365 g/mol. The zero-order chi connectivity index (χ0) is 15.1. The van der Waals surface area contributed by atoms with Gasteiger partial charge >= 0.3 is 0 Å². The molecule has 0 heterocycles. The molecule has 110 valence electrons. The van der Waals surface area contributed by atoms with Crippen LogP contribution in [0.4, 0.5) is 5.69 Å². The van der Waals surface area contributed by atoms with Crippen LogP contribution in [0.2, 0.25) is 0 Å². The molecule has 0 aliphatic rings. The maximum absolute atomic E-state index is 11.9. The number of halogens is 1. The van der Waals surface area contributed by atoms with Gasteiger partial charge < -0.3 is 10.1 Å². The quantitative estimate of drug-likeness (QED) is 0.827. The molecule has 21 heavy (non-hydrogen) atoms. The van der Waals surface area contributed by atoms with E-state index in [0.717, 1.165) is 21.7 Å². The Morgan fingerprint density at radius 2 is 2.05 bits per heavy atom. The van der Waals surface area contributed by atoms with Gasteiger partial charge in [0.2, 0.25) is 5.91 Å². The summed E-state index contributed by atoms with van der Waals surface area (Å²) in [5, 5.41) is 2.87. The highest BCUT2D eigenvalue weighted by atomic mass is 79.9. The van der Waals surface area contributed by atoms with E-state index in [9.17, 15) is 4.79 Å². The molecule has 3 nitrogen and oxygen atoms in total. The van der Waals surface area contributed by atoms with Crippen LogP contribution in [0, 0.1) is 0 Å². The van der Waals surface area contributed by atoms with Crippen LogP contribution >= 0.6 is 27.7 Å². The molecule has 0 atom stereocenters. The van der Waals surface area contributed by atoms with Crippen LogP contribution in [0.15, 0.2) is 53.0 Å². The van der Waals surface area contributed by atoms with Gasteiger partial charge in [-0.05, 0) is 29.8 Å². The second-order valence-electron chi connectivity index (χ2n) is 4.40. The molecule has 0 aromatic heterocycles. The molecule has 0 aliphatic heterocycles. The summed E-state index contributed by atoms with van der Waals surface area (Å²) in [5.41, 5.74) is 1.95. The Labute approximate surface area is 137 Å². The molecule has 0 unspecified atom stereocenters. The lowest BCUT2D eigenvalue weighted by Crippen LogP contribution is -2.14. The van der Waals surface area contributed by atoms with E-state index in [1.54, 1.807) is 24.9 Å². The van der Waals surface area contributed by atoms with E-state index in [1.807, 2.05) is 30.3 Å². The minimum Gasteiger partial charge on any atom is -0.497 e. The third kappa shape index (κ3) is 5.44. The van der Waals surface area contributed by atoms with E-state index >= 15 is 0 Å². The van der Waals surface area contributed by atoms with E-state index < -0.39 is 0 Å². The molecule has 0 radical (unpaired) electrons. The van der Waals surface area contributed by atoms with Crippen LogP contribution in [0.1, 0.15) is 5.56 Å². The first-order valence-electron chi connectivity index (χ1n) is 6.43. The third-order valence-corrected chi connectivity index (χ3v) is 4.24. The van der Waals surface area contributed by atoms with Crippen molar-refractivity contribution in [2.45, 2.75) is 5.75 Å². The Morgan fingerprint density at radius 1 is 1.24 bits per heavy atom. The lowest BCUT2D eigenvalue weighted by molar-refractivity contribution is -0.113. The van der Waals surface area contributed by atoms with E-state index in [4.69, 9.17) is 4.74 Å². The normalized spacial score (nSPS) is 10.2. The number of carbonyl (C=O) groups is 1. The molecule has 0 fully saturated rings. The molecule has 2 aromatic rings. The van der Waals surface area contributed by atoms with Crippen molar-refractivity contribution in [2.75, 3.05) is 18.2 Å². The van der Waals surface area contributed by atoms with Gasteiger partial charge in [0.15, 0.2) is 0 Å². The lowest BCUT2D eigenvalue weighted by Gasteiger charge is -2.07. The lowest BCUT2D eigenvalue weighted by atomic mass is 10.2. The number of ether oxygens (including phenoxy) is 1. The van der Waals surface area contributed by atoms with Crippen molar-refractivity contribution in [3.63, 3.8) is 0 Å². The Bertz CT molecular complexity index is 619. The number of anilines is 1. The van der Waals surface area contributed by atoms with Crippen LogP contribution < -0.4 is 10.1 Å². The highest BCUT2D eigenvalue weighted by Gasteiger charge is 2.04. The zero-order valence-corrected chi connectivity index (χ0v) is 14.0. The van der Waals surface area contributed by atoms with Gasteiger partial charge in [-0.1, -0.05) is 34.1 Å². The Balaban J connectivity index is 1.79. The van der Waals surface area contributed by atoms with Gasteiger partial charge in [-0.25, -0.2) is 0 Å². The van der Waals surface area contributed by atoms with Crippen molar-refractivity contribution in [3.05, 3.63) is 58.6 Å².